The molecule has 1 aromatic carbocycles. The van der Waals surface area contributed by atoms with Crippen LogP contribution in [0.2, 0.25) is 24.1 Å². The summed E-state index contributed by atoms with van der Waals surface area (Å²) in [4.78, 5) is 0. The third-order valence-electron chi connectivity index (χ3n) is 2.59. The molecule has 0 heterocycles. The van der Waals surface area contributed by atoms with E-state index < -0.39 is 8.07 Å². The first kappa shape index (κ1) is 15.0. The van der Waals surface area contributed by atoms with Crippen LogP contribution in [0.4, 0.5) is 0 Å². The second-order valence-corrected chi connectivity index (χ2v) is 14.8. The Hall–Kier alpha value is -0.0335. The Labute approximate surface area is 118 Å². The van der Waals surface area contributed by atoms with Gasteiger partial charge in [-0.2, -0.15) is 0 Å². The second-order valence-electron chi connectivity index (χ2n) is 5.37. The zero-order valence-corrected chi connectivity index (χ0v) is 14.8. The standard InChI is InChI=1S/C15H24SiTe/c1-5-6-12-17-15(16(2,3)4)13-14-10-8-7-9-11-14/h7-11,13H,5-6,12H2,1-4H3/b15-13+. The van der Waals surface area contributed by atoms with Gasteiger partial charge in [-0.25, -0.2) is 0 Å². The monoisotopic (exact) mass is 362 g/mol. The summed E-state index contributed by atoms with van der Waals surface area (Å²) in [6.07, 6.45) is 5.25. The first-order valence-corrected chi connectivity index (χ1v) is 12.8. The minimum absolute atomic E-state index is 0.0724. The fraction of sp³-hybridized carbons (Fsp3) is 0.467. The van der Waals surface area contributed by atoms with Crippen molar-refractivity contribution in [2.45, 2.75) is 43.9 Å². The van der Waals surface area contributed by atoms with Crippen LogP contribution in [0.15, 0.2) is 33.6 Å². The van der Waals surface area contributed by atoms with Gasteiger partial charge in [0.1, 0.15) is 0 Å². The van der Waals surface area contributed by atoms with Gasteiger partial charge in [-0.3, -0.25) is 0 Å². The maximum atomic E-state index is 2.49. The molecular formula is C15H24SiTe. The van der Waals surface area contributed by atoms with Crippen LogP contribution in [0.25, 0.3) is 6.08 Å². The molecule has 0 atom stereocenters. The summed E-state index contributed by atoms with van der Waals surface area (Å²) in [6.45, 7) is 9.75. The molecule has 0 bridgehead atoms. The summed E-state index contributed by atoms with van der Waals surface area (Å²) in [5.74, 6) is 0. The van der Waals surface area contributed by atoms with Crippen molar-refractivity contribution in [2.75, 3.05) is 0 Å². The van der Waals surface area contributed by atoms with Crippen molar-refractivity contribution >= 4 is 35.1 Å². The van der Waals surface area contributed by atoms with E-state index in [2.05, 4.69) is 63.0 Å². The van der Waals surface area contributed by atoms with Crippen molar-refractivity contribution in [2.24, 2.45) is 0 Å². The van der Waals surface area contributed by atoms with Crippen LogP contribution in [-0.2, 0) is 0 Å². The van der Waals surface area contributed by atoms with Crippen molar-refractivity contribution in [1.82, 2.24) is 0 Å². The van der Waals surface area contributed by atoms with E-state index >= 15 is 0 Å². The number of hydrogen-bond acceptors (Lipinski definition) is 0. The molecule has 0 saturated heterocycles. The SMILES string of the molecule is CCCC[Te]/C(=C/c1ccccc1)[Si](C)(C)C. The maximum absolute atomic E-state index is 2.49. The molecule has 0 saturated carbocycles. The van der Waals surface area contributed by atoms with Crippen LogP contribution in [-0.4, -0.2) is 29.0 Å². The summed E-state index contributed by atoms with van der Waals surface area (Å²) < 4.78 is 3.31. The normalized spacial score (nSPS) is 12.8. The van der Waals surface area contributed by atoms with Crippen molar-refractivity contribution in [3.63, 3.8) is 0 Å². The zero-order chi connectivity index (χ0) is 12.7. The van der Waals surface area contributed by atoms with E-state index in [9.17, 15) is 0 Å². The fourth-order valence-corrected chi connectivity index (χ4v) is 9.42. The van der Waals surface area contributed by atoms with Gasteiger partial charge in [0.2, 0.25) is 0 Å². The topological polar surface area (TPSA) is 0 Å². The molecule has 0 aliphatic carbocycles. The molecule has 94 valence electrons. The third kappa shape index (κ3) is 5.90. The molecule has 0 aliphatic heterocycles. The number of rotatable bonds is 6. The summed E-state index contributed by atoms with van der Waals surface area (Å²) in [5.41, 5.74) is 1.39. The van der Waals surface area contributed by atoms with Gasteiger partial charge in [-0.05, 0) is 0 Å². The predicted octanol–water partition coefficient (Wildman–Crippen LogP) is 4.83. The van der Waals surface area contributed by atoms with Gasteiger partial charge in [-0.1, -0.05) is 0 Å². The molecule has 2 heteroatoms. The molecule has 0 spiro atoms. The van der Waals surface area contributed by atoms with E-state index in [4.69, 9.17) is 0 Å². The average molecular weight is 360 g/mol. The molecule has 1 aromatic rings. The van der Waals surface area contributed by atoms with Gasteiger partial charge >= 0.3 is 118 Å². The molecule has 0 fully saturated rings. The van der Waals surface area contributed by atoms with E-state index in [1.807, 2.05) is 3.24 Å². The molecule has 0 unspecified atom stereocenters. The first-order chi connectivity index (χ1) is 8.04. The summed E-state index contributed by atoms with van der Waals surface area (Å²) in [6, 6.07) is 10.8. The van der Waals surface area contributed by atoms with Crippen LogP contribution in [0.5, 0.6) is 0 Å². The molecule has 0 radical (unpaired) electrons. The Morgan fingerprint density at radius 2 is 1.82 bits per heavy atom. The number of hydrogen-bond donors (Lipinski definition) is 0. The van der Waals surface area contributed by atoms with Crippen LogP contribution < -0.4 is 0 Å². The first-order valence-electron chi connectivity index (χ1n) is 6.44. The fourth-order valence-electron chi connectivity index (χ4n) is 1.50. The second kappa shape index (κ2) is 7.41. The Kier molecular flexibility index (Phi) is 6.55. The Balaban J connectivity index is 2.80. The van der Waals surface area contributed by atoms with Crippen molar-refractivity contribution in [3.8, 4) is 0 Å². The van der Waals surface area contributed by atoms with Crippen LogP contribution >= 0.6 is 0 Å². The van der Waals surface area contributed by atoms with Crippen LogP contribution in [0.1, 0.15) is 25.3 Å². The summed E-state index contributed by atoms with van der Waals surface area (Å²) in [7, 11) is -1.10. The van der Waals surface area contributed by atoms with E-state index in [0.717, 1.165) is 0 Å². The predicted molar refractivity (Wildman–Crippen MR) is 83.2 cm³/mol. The van der Waals surface area contributed by atoms with E-state index in [0.29, 0.717) is 0 Å². The van der Waals surface area contributed by atoms with Crippen molar-refractivity contribution in [3.05, 3.63) is 39.1 Å². The Morgan fingerprint density at radius 1 is 1.18 bits per heavy atom. The van der Waals surface area contributed by atoms with Gasteiger partial charge in [0.25, 0.3) is 0 Å². The number of unbranched alkanes of at least 4 members (excludes halogenated alkanes) is 1. The number of benzene rings is 1. The van der Waals surface area contributed by atoms with Gasteiger partial charge in [0.15, 0.2) is 0 Å². The minimum atomic E-state index is -1.10. The molecule has 0 aliphatic rings. The molecule has 17 heavy (non-hydrogen) atoms. The van der Waals surface area contributed by atoms with E-state index in [-0.39, 0.29) is 20.9 Å². The van der Waals surface area contributed by atoms with Crippen molar-refractivity contribution < 1.29 is 0 Å². The zero-order valence-electron chi connectivity index (χ0n) is 11.5. The summed E-state index contributed by atoms with van der Waals surface area (Å²) in [5, 5.41) is 0. The molecule has 0 nitrogen and oxygen atoms in total. The van der Waals surface area contributed by atoms with Gasteiger partial charge in [0, 0.05) is 0 Å². The van der Waals surface area contributed by atoms with Gasteiger partial charge in [-0.15, -0.1) is 0 Å². The van der Waals surface area contributed by atoms with Gasteiger partial charge in [0.05, 0.1) is 0 Å². The van der Waals surface area contributed by atoms with Crippen LogP contribution in [0, 0.1) is 0 Å². The van der Waals surface area contributed by atoms with Gasteiger partial charge < -0.3 is 0 Å². The molecule has 1 rings (SSSR count). The summed E-state index contributed by atoms with van der Waals surface area (Å²) >= 11 is 0.0724. The molecule has 0 N–H and O–H groups in total. The average Bonchev–Trinajstić information content (AvgIpc) is 2.28. The quantitative estimate of drug-likeness (QED) is 0.504. The third-order valence-corrected chi connectivity index (χ3v) is 13.1. The Bertz CT molecular complexity index is 349. The Morgan fingerprint density at radius 3 is 2.35 bits per heavy atom. The molecular weight excluding hydrogens is 336 g/mol. The van der Waals surface area contributed by atoms with Crippen molar-refractivity contribution in [1.29, 1.82) is 0 Å². The molecule has 0 aromatic heterocycles. The van der Waals surface area contributed by atoms with E-state index in [1.54, 1.807) is 0 Å². The molecule has 0 amide bonds. The van der Waals surface area contributed by atoms with E-state index in [1.165, 1.54) is 22.9 Å². The van der Waals surface area contributed by atoms with Crippen LogP contribution in [0.3, 0.4) is 0 Å².